The highest BCUT2D eigenvalue weighted by molar-refractivity contribution is 7.84. The van der Waals surface area contributed by atoms with Gasteiger partial charge >= 0.3 is 10.3 Å². The fourth-order valence-electron chi connectivity index (χ4n) is 3.66. The molecule has 1 fully saturated rings. The second-order valence-corrected chi connectivity index (χ2v) is 7.69. The molecule has 0 aromatic heterocycles. The number of nitrogens with zero attached hydrogens (tertiary/aromatic N) is 1. The van der Waals surface area contributed by atoms with Crippen molar-refractivity contribution in [2.75, 3.05) is 13.1 Å². The van der Waals surface area contributed by atoms with Crippen molar-refractivity contribution in [1.82, 2.24) is 4.31 Å². The summed E-state index contributed by atoms with van der Waals surface area (Å²) in [6.07, 6.45) is 0.328. The van der Waals surface area contributed by atoms with E-state index in [4.69, 9.17) is 15.8 Å². The molecular formula is C15H20ClNO3S. The minimum Gasteiger partial charge on any atom is -0.254 e. The van der Waals surface area contributed by atoms with E-state index in [1.54, 1.807) is 0 Å². The third-order valence-corrected chi connectivity index (χ3v) is 6.85. The van der Waals surface area contributed by atoms with Crippen molar-refractivity contribution in [1.29, 1.82) is 0 Å². The van der Waals surface area contributed by atoms with E-state index in [0.717, 1.165) is 5.56 Å². The lowest BCUT2D eigenvalue weighted by Gasteiger charge is -2.26. The molecule has 4 atom stereocenters. The number of alkyl halides is 1. The van der Waals surface area contributed by atoms with Crippen LogP contribution in [-0.2, 0) is 14.5 Å². The van der Waals surface area contributed by atoms with E-state index in [1.165, 1.54) is 9.87 Å². The number of hydrogen-bond acceptors (Lipinski definition) is 3. The van der Waals surface area contributed by atoms with Crippen molar-refractivity contribution >= 4 is 21.9 Å². The summed E-state index contributed by atoms with van der Waals surface area (Å²) in [5.74, 6) is 0.169. The van der Waals surface area contributed by atoms with Gasteiger partial charge in [-0.15, -0.1) is 11.6 Å². The van der Waals surface area contributed by atoms with E-state index >= 15 is 0 Å². The van der Waals surface area contributed by atoms with Crippen molar-refractivity contribution in [2.45, 2.75) is 43.6 Å². The molecule has 3 rings (SSSR count). The molecule has 0 radical (unpaired) electrons. The monoisotopic (exact) mass is 329 g/mol. The molecule has 2 aliphatic carbocycles. The van der Waals surface area contributed by atoms with Gasteiger partial charge in [0, 0.05) is 30.3 Å². The topological polar surface area (TPSA) is 46.6 Å². The summed E-state index contributed by atoms with van der Waals surface area (Å²) < 4.78 is 31.5. The quantitative estimate of drug-likeness (QED) is 0.780. The van der Waals surface area contributed by atoms with Crippen LogP contribution >= 0.6 is 11.6 Å². The van der Waals surface area contributed by atoms with E-state index in [2.05, 4.69) is 6.07 Å². The Labute approximate surface area is 131 Å². The summed E-state index contributed by atoms with van der Waals surface area (Å²) >= 11 is 6.52. The van der Waals surface area contributed by atoms with E-state index in [1.807, 2.05) is 32.0 Å². The van der Waals surface area contributed by atoms with Gasteiger partial charge in [0.15, 0.2) is 0 Å². The first kappa shape index (κ1) is 15.3. The van der Waals surface area contributed by atoms with Gasteiger partial charge in [-0.05, 0) is 17.5 Å². The maximum atomic E-state index is 12.3. The van der Waals surface area contributed by atoms with Crippen molar-refractivity contribution in [3.8, 4) is 0 Å². The number of fused-ring (bicyclic) bond motifs is 5. The van der Waals surface area contributed by atoms with E-state index in [9.17, 15) is 8.42 Å². The molecule has 4 nitrogen and oxygen atoms in total. The van der Waals surface area contributed by atoms with Gasteiger partial charge in [0.25, 0.3) is 0 Å². The third-order valence-electron chi connectivity index (χ3n) is 4.64. The van der Waals surface area contributed by atoms with Gasteiger partial charge in [-0.3, -0.25) is 4.18 Å². The highest BCUT2D eigenvalue weighted by Crippen LogP contribution is 2.56. The maximum Gasteiger partial charge on any atom is 0.338 e. The first-order chi connectivity index (χ1) is 9.99. The molecule has 4 unspecified atom stereocenters. The largest absolute Gasteiger partial charge is 0.338 e. The number of hydrogen-bond donors (Lipinski definition) is 0. The number of halogens is 1. The smallest absolute Gasteiger partial charge is 0.254 e. The molecule has 0 saturated heterocycles. The van der Waals surface area contributed by atoms with Gasteiger partial charge in [-0.1, -0.05) is 38.1 Å². The molecule has 2 bridgehead atoms. The molecule has 2 aliphatic rings. The molecule has 1 aromatic rings. The molecule has 0 N–H and O–H groups in total. The molecule has 6 heteroatoms. The normalized spacial score (nSPS) is 30.9. The van der Waals surface area contributed by atoms with E-state index in [-0.39, 0.29) is 23.3 Å². The minimum atomic E-state index is -3.68. The minimum absolute atomic E-state index is 0.0294. The Morgan fingerprint density at radius 1 is 1.24 bits per heavy atom. The Hall–Kier alpha value is -0.620. The molecule has 21 heavy (non-hydrogen) atoms. The Bertz CT molecular complexity index is 630. The zero-order chi connectivity index (χ0) is 15.2. The third kappa shape index (κ3) is 2.40. The van der Waals surface area contributed by atoms with Crippen molar-refractivity contribution < 1.29 is 12.6 Å². The van der Waals surface area contributed by atoms with Crippen LogP contribution in [0.3, 0.4) is 0 Å². The zero-order valence-electron chi connectivity index (χ0n) is 12.2. The van der Waals surface area contributed by atoms with E-state index in [0.29, 0.717) is 19.5 Å². The van der Waals surface area contributed by atoms with Crippen LogP contribution in [-0.4, -0.2) is 37.3 Å². The molecule has 0 spiro atoms. The second kappa shape index (κ2) is 5.54. The Balaban J connectivity index is 1.85. The highest BCUT2D eigenvalue weighted by Gasteiger charge is 2.52. The van der Waals surface area contributed by atoms with Crippen molar-refractivity contribution in [2.24, 2.45) is 0 Å². The summed E-state index contributed by atoms with van der Waals surface area (Å²) in [7, 11) is -3.68. The lowest BCUT2D eigenvalue weighted by Crippen LogP contribution is -2.36. The lowest BCUT2D eigenvalue weighted by molar-refractivity contribution is 0.172. The average molecular weight is 330 g/mol. The summed E-state index contributed by atoms with van der Waals surface area (Å²) in [6.45, 7) is 4.46. The van der Waals surface area contributed by atoms with Gasteiger partial charge in [0.2, 0.25) is 0 Å². The van der Waals surface area contributed by atoms with Gasteiger partial charge < -0.3 is 0 Å². The molecule has 116 valence electrons. The first-order valence-electron chi connectivity index (χ1n) is 7.40. The van der Waals surface area contributed by atoms with Crippen molar-refractivity contribution in [3.63, 3.8) is 0 Å². The highest BCUT2D eigenvalue weighted by atomic mass is 35.5. The predicted molar refractivity (Wildman–Crippen MR) is 82.9 cm³/mol. The number of benzene rings is 1. The Morgan fingerprint density at radius 2 is 1.86 bits per heavy atom. The standard InChI is InChI=1S/C15H20ClNO3S/c1-3-17(4-2)21(18,19)20-13-9-12-10-7-5-6-8-11(10)14(13)15(12)16/h5-8,12-15H,3-4,9H2,1-2H3. The van der Waals surface area contributed by atoms with Crippen LogP contribution < -0.4 is 0 Å². The fraction of sp³-hybridized carbons (Fsp3) is 0.600. The van der Waals surface area contributed by atoms with Crippen molar-refractivity contribution in [3.05, 3.63) is 35.4 Å². The summed E-state index contributed by atoms with van der Waals surface area (Å²) in [4.78, 5) is 0. The Morgan fingerprint density at radius 3 is 2.48 bits per heavy atom. The average Bonchev–Trinajstić information content (AvgIpc) is 2.90. The molecule has 1 aromatic carbocycles. The first-order valence-corrected chi connectivity index (χ1v) is 9.21. The van der Waals surface area contributed by atoms with Crippen LogP contribution in [0, 0.1) is 0 Å². The fourth-order valence-corrected chi connectivity index (χ4v) is 5.46. The molecule has 0 aliphatic heterocycles. The van der Waals surface area contributed by atoms with Crippen LogP contribution in [0.1, 0.15) is 43.2 Å². The predicted octanol–water partition coefficient (Wildman–Crippen LogP) is 2.85. The lowest BCUT2D eigenvalue weighted by atomic mass is 9.90. The van der Waals surface area contributed by atoms with Gasteiger partial charge in [0.05, 0.1) is 6.10 Å². The summed E-state index contributed by atoms with van der Waals surface area (Å²) in [6, 6.07) is 8.10. The van der Waals surface area contributed by atoms with Crippen LogP contribution in [0.15, 0.2) is 24.3 Å². The second-order valence-electron chi connectivity index (χ2n) is 5.62. The molecule has 0 heterocycles. The number of rotatable bonds is 5. The zero-order valence-corrected chi connectivity index (χ0v) is 13.8. The van der Waals surface area contributed by atoms with Gasteiger partial charge in [-0.2, -0.15) is 12.7 Å². The SMILES string of the molecule is CCN(CC)S(=O)(=O)OC1CC2c3ccccc3C1C2Cl. The molecular weight excluding hydrogens is 310 g/mol. The summed E-state index contributed by atoms with van der Waals surface area (Å²) in [5.41, 5.74) is 2.40. The maximum absolute atomic E-state index is 12.3. The Kier molecular flexibility index (Phi) is 4.03. The van der Waals surface area contributed by atoms with Crippen LogP contribution in [0.2, 0.25) is 0 Å². The van der Waals surface area contributed by atoms with Crippen LogP contribution in [0.25, 0.3) is 0 Å². The van der Waals surface area contributed by atoms with E-state index < -0.39 is 10.3 Å². The molecule has 1 saturated carbocycles. The van der Waals surface area contributed by atoms with Gasteiger partial charge in [-0.25, -0.2) is 0 Å². The molecule has 0 amide bonds. The van der Waals surface area contributed by atoms with Crippen LogP contribution in [0.4, 0.5) is 0 Å². The summed E-state index contributed by atoms with van der Waals surface area (Å²) in [5, 5.41) is -0.0701. The van der Waals surface area contributed by atoms with Crippen LogP contribution in [0.5, 0.6) is 0 Å². The van der Waals surface area contributed by atoms with Gasteiger partial charge in [0.1, 0.15) is 0 Å².